The molecule has 0 saturated carbocycles. The summed E-state index contributed by atoms with van der Waals surface area (Å²) in [5.41, 5.74) is 9.56. The minimum Gasteiger partial charge on any atom is -0.329 e. The molecule has 138 valence electrons. The molecule has 4 rings (SSSR count). The SMILES string of the molecule is Cl.Cl.N[C@@H]1CCN(Cc2cccc(-c3ccc4c(=O)[nH]ccc4c3)c2)C1. The highest BCUT2D eigenvalue weighted by Crippen LogP contribution is 2.24. The largest absolute Gasteiger partial charge is 0.329 e. The minimum atomic E-state index is -0.0434. The van der Waals surface area contributed by atoms with E-state index < -0.39 is 0 Å². The van der Waals surface area contributed by atoms with Gasteiger partial charge in [0.2, 0.25) is 0 Å². The summed E-state index contributed by atoms with van der Waals surface area (Å²) in [6, 6.07) is 16.9. The smallest absolute Gasteiger partial charge is 0.255 e. The Labute approximate surface area is 165 Å². The van der Waals surface area contributed by atoms with Gasteiger partial charge in [-0.25, -0.2) is 0 Å². The molecule has 1 atom stereocenters. The van der Waals surface area contributed by atoms with E-state index in [1.165, 1.54) is 11.1 Å². The molecule has 0 bridgehead atoms. The molecule has 6 heteroatoms. The molecular formula is C20H23Cl2N3O. The number of nitrogens with two attached hydrogens (primary N) is 1. The molecule has 26 heavy (non-hydrogen) atoms. The molecule has 0 unspecified atom stereocenters. The molecule has 0 radical (unpaired) electrons. The van der Waals surface area contributed by atoms with Gasteiger partial charge >= 0.3 is 0 Å². The van der Waals surface area contributed by atoms with Crippen LogP contribution in [0, 0.1) is 0 Å². The standard InChI is InChI=1S/C20H21N3O.2ClH/c21-18-7-9-23(13-18)12-14-2-1-3-15(10-14)16-4-5-19-17(11-16)6-8-22-20(19)24;;/h1-6,8,10-11,18H,7,9,12-13,21H2,(H,22,24);2*1H/t18-;;/m1../s1. The number of nitrogens with zero attached hydrogens (tertiary/aromatic N) is 1. The van der Waals surface area contributed by atoms with E-state index in [1.54, 1.807) is 6.20 Å². The second kappa shape index (κ2) is 8.69. The number of aromatic amines is 1. The Hall–Kier alpha value is -1.85. The zero-order chi connectivity index (χ0) is 16.5. The summed E-state index contributed by atoms with van der Waals surface area (Å²) >= 11 is 0. The zero-order valence-electron chi connectivity index (χ0n) is 14.4. The normalized spacial score (nSPS) is 16.9. The number of pyridine rings is 1. The number of H-pyrrole nitrogens is 1. The fraction of sp³-hybridized carbons (Fsp3) is 0.250. The molecule has 4 nitrogen and oxygen atoms in total. The maximum absolute atomic E-state index is 11.8. The third kappa shape index (κ3) is 4.27. The van der Waals surface area contributed by atoms with Crippen LogP contribution in [-0.4, -0.2) is 29.0 Å². The highest BCUT2D eigenvalue weighted by atomic mass is 35.5. The Morgan fingerprint density at radius 3 is 2.65 bits per heavy atom. The first-order valence-corrected chi connectivity index (χ1v) is 8.38. The highest BCUT2D eigenvalue weighted by molar-refractivity contribution is 5.86. The Morgan fingerprint density at radius 2 is 1.88 bits per heavy atom. The molecule has 1 aliphatic rings. The number of likely N-dealkylation sites (tertiary alicyclic amines) is 1. The predicted molar refractivity (Wildman–Crippen MR) is 112 cm³/mol. The maximum Gasteiger partial charge on any atom is 0.255 e. The quantitative estimate of drug-likeness (QED) is 0.717. The van der Waals surface area contributed by atoms with Crippen molar-refractivity contribution in [3.63, 3.8) is 0 Å². The number of rotatable bonds is 3. The average Bonchev–Trinajstić information content (AvgIpc) is 3.00. The number of halogens is 2. The molecule has 1 aliphatic heterocycles. The fourth-order valence-electron chi connectivity index (χ4n) is 3.49. The Bertz CT molecular complexity index is 941. The van der Waals surface area contributed by atoms with Gasteiger partial charge in [0, 0.05) is 37.3 Å². The van der Waals surface area contributed by atoms with Crippen molar-refractivity contribution in [3.8, 4) is 11.1 Å². The van der Waals surface area contributed by atoms with Crippen LogP contribution in [0.2, 0.25) is 0 Å². The summed E-state index contributed by atoms with van der Waals surface area (Å²) < 4.78 is 0. The first-order valence-electron chi connectivity index (χ1n) is 8.38. The van der Waals surface area contributed by atoms with Crippen LogP contribution in [-0.2, 0) is 6.54 Å². The lowest BCUT2D eigenvalue weighted by Crippen LogP contribution is -2.26. The highest BCUT2D eigenvalue weighted by Gasteiger charge is 2.18. The van der Waals surface area contributed by atoms with Crippen molar-refractivity contribution in [2.45, 2.75) is 19.0 Å². The molecule has 1 saturated heterocycles. The van der Waals surface area contributed by atoms with Crippen molar-refractivity contribution in [2.75, 3.05) is 13.1 Å². The summed E-state index contributed by atoms with van der Waals surface area (Å²) in [5.74, 6) is 0. The van der Waals surface area contributed by atoms with E-state index in [0.29, 0.717) is 6.04 Å². The molecule has 2 aromatic carbocycles. The van der Waals surface area contributed by atoms with Gasteiger partial charge in [-0.15, -0.1) is 24.8 Å². The predicted octanol–water partition coefficient (Wildman–Crippen LogP) is 3.57. The van der Waals surface area contributed by atoms with Crippen LogP contribution in [0.15, 0.2) is 59.5 Å². The number of hydrogen-bond acceptors (Lipinski definition) is 3. The van der Waals surface area contributed by atoms with E-state index in [2.05, 4.69) is 40.2 Å². The van der Waals surface area contributed by atoms with Gasteiger partial charge in [-0.2, -0.15) is 0 Å². The second-order valence-corrected chi connectivity index (χ2v) is 6.59. The Balaban J connectivity index is 0.00000121. The molecule has 0 aliphatic carbocycles. The lowest BCUT2D eigenvalue weighted by atomic mass is 10.0. The van der Waals surface area contributed by atoms with E-state index in [0.717, 1.165) is 42.4 Å². The first kappa shape index (κ1) is 20.5. The van der Waals surface area contributed by atoms with Crippen LogP contribution in [0.3, 0.4) is 0 Å². The zero-order valence-corrected chi connectivity index (χ0v) is 16.0. The van der Waals surface area contributed by atoms with Gasteiger partial charge in [-0.05, 0) is 52.8 Å². The number of fused-ring (bicyclic) bond motifs is 1. The van der Waals surface area contributed by atoms with Crippen molar-refractivity contribution in [1.29, 1.82) is 0 Å². The second-order valence-electron chi connectivity index (χ2n) is 6.59. The number of hydrogen-bond donors (Lipinski definition) is 2. The Morgan fingerprint density at radius 1 is 1.08 bits per heavy atom. The third-order valence-electron chi connectivity index (χ3n) is 4.75. The van der Waals surface area contributed by atoms with Crippen LogP contribution in [0.4, 0.5) is 0 Å². The number of benzene rings is 2. The van der Waals surface area contributed by atoms with Gasteiger partial charge in [0.05, 0.1) is 0 Å². The van der Waals surface area contributed by atoms with Crippen LogP contribution < -0.4 is 11.3 Å². The van der Waals surface area contributed by atoms with Gasteiger partial charge in [-0.1, -0.05) is 24.3 Å². The fourth-order valence-corrected chi connectivity index (χ4v) is 3.49. The molecule has 1 fully saturated rings. The number of aromatic nitrogens is 1. The minimum absolute atomic E-state index is 0. The van der Waals surface area contributed by atoms with Crippen molar-refractivity contribution in [3.05, 3.63) is 70.6 Å². The molecule has 3 aromatic rings. The number of nitrogens with one attached hydrogen (secondary N) is 1. The summed E-state index contributed by atoms with van der Waals surface area (Å²) in [6.07, 6.45) is 2.78. The summed E-state index contributed by atoms with van der Waals surface area (Å²) in [4.78, 5) is 17.0. The van der Waals surface area contributed by atoms with E-state index in [1.807, 2.05) is 18.2 Å². The van der Waals surface area contributed by atoms with Crippen molar-refractivity contribution in [2.24, 2.45) is 5.73 Å². The van der Waals surface area contributed by atoms with Gasteiger partial charge in [0.25, 0.3) is 5.56 Å². The maximum atomic E-state index is 11.8. The van der Waals surface area contributed by atoms with Gasteiger partial charge in [0.1, 0.15) is 0 Å². The lowest BCUT2D eigenvalue weighted by Gasteiger charge is -2.16. The molecule has 3 N–H and O–H groups in total. The van der Waals surface area contributed by atoms with Gasteiger partial charge < -0.3 is 10.7 Å². The van der Waals surface area contributed by atoms with Crippen LogP contribution in [0.1, 0.15) is 12.0 Å². The summed E-state index contributed by atoms with van der Waals surface area (Å²) in [7, 11) is 0. The summed E-state index contributed by atoms with van der Waals surface area (Å²) in [5, 5.41) is 1.69. The molecule has 0 spiro atoms. The molecule has 0 amide bonds. The van der Waals surface area contributed by atoms with E-state index >= 15 is 0 Å². The monoisotopic (exact) mass is 391 g/mol. The average molecular weight is 392 g/mol. The Kier molecular flexibility index (Phi) is 6.84. The van der Waals surface area contributed by atoms with Crippen LogP contribution >= 0.6 is 24.8 Å². The lowest BCUT2D eigenvalue weighted by molar-refractivity contribution is 0.327. The topological polar surface area (TPSA) is 62.1 Å². The molecule has 1 aromatic heterocycles. The summed E-state index contributed by atoms with van der Waals surface area (Å²) in [6.45, 7) is 2.99. The van der Waals surface area contributed by atoms with Crippen LogP contribution in [0.5, 0.6) is 0 Å². The van der Waals surface area contributed by atoms with E-state index in [4.69, 9.17) is 5.73 Å². The van der Waals surface area contributed by atoms with E-state index in [-0.39, 0.29) is 30.4 Å². The van der Waals surface area contributed by atoms with Crippen molar-refractivity contribution < 1.29 is 0 Å². The van der Waals surface area contributed by atoms with E-state index in [9.17, 15) is 4.79 Å². The first-order chi connectivity index (χ1) is 11.7. The molecular weight excluding hydrogens is 369 g/mol. The van der Waals surface area contributed by atoms with Crippen molar-refractivity contribution >= 4 is 35.6 Å². The third-order valence-corrected chi connectivity index (χ3v) is 4.75. The van der Waals surface area contributed by atoms with Gasteiger partial charge in [-0.3, -0.25) is 9.69 Å². The van der Waals surface area contributed by atoms with Gasteiger partial charge in [0.15, 0.2) is 0 Å². The molecule has 2 heterocycles. The van der Waals surface area contributed by atoms with Crippen LogP contribution in [0.25, 0.3) is 21.9 Å². The van der Waals surface area contributed by atoms with Crippen molar-refractivity contribution in [1.82, 2.24) is 9.88 Å².